The van der Waals surface area contributed by atoms with E-state index in [0.717, 1.165) is 43.0 Å². The van der Waals surface area contributed by atoms with Crippen LogP contribution in [0, 0.1) is 0 Å². The van der Waals surface area contributed by atoms with Crippen LogP contribution in [0.5, 0.6) is 0 Å². The molecule has 1 rings (SSSR count). The fraction of sp³-hybridized carbons (Fsp3) is 0.600. The van der Waals surface area contributed by atoms with E-state index in [2.05, 4.69) is 19.2 Å². The molecule has 0 spiro atoms. The summed E-state index contributed by atoms with van der Waals surface area (Å²) in [5, 5.41) is 4.91. The molecule has 0 bridgehead atoms. The highest BCUT2D eigenvalue weighted by atomic mass is 35.5. The molecule has 0 fully saturated rings. The highest BCUT2D eigenvalue weighted by Crippen LogP contribution is 2.22. The number of halogens is 2. The van der Waals surface area contributed by atoms with E-state index in [0.29, 0.717) is 17.7 Å². The largest absolute Gasteiger partial charge is 0.380 e. The lowest BCUT2D eigenvalue weighted by atomic mass is 10.1. The van der Waals surface area contributed by atoms with Gasteiger partial charge in [-0.2, -0.15) is 0 Å². The number of hydrogen-bond donors (Lipinski definition) is 1. The molecule has 4 heteroatoms. The summed E-state index contributed by atoms with van der Waals surface area (Å²) in [5.41, 5.74) is 1.11. The first-order valence-corrected chi connectivity index (χ1v) is 7.68. The van der Waals surface area contributed by atoms with Gasteiger partial charge < -0.3 is 10.1 Å². The third-order valence-electron chi connectivity index (χ3n) is 2.83. The molecule has 1 atom stereocenters. The third-order valence-corrected chi connectivity index (χ3v) is 3.42. The summed E-state index contributed by atoms with van der Waals surface area (Å²) in [7, 11) is 0. The zero-order valence-corrected chi connectivity index (χ0v) is 13.2. The molecule has 1 aromatic rings. The molecule has 1 aromatic carbocycles. The van der Waals surface area contributed by atoms with E-state index in [1.165, 1.54) is 0 Å². The summed E-state index contributed by atoms with van der Waals surface area (Å²) >= 11 is 12.1. The van der Waals surface area contributed by atoms with Gasteiger partial charge in [0.25, 0.3) is 0 Å². The Hall–Kier alpha value is -0.280. The SMILES string of the molecule is CCCNC(COCCC)Cc1ccc(Cl)cc1Cl. The van der Waals surface area contributed by atoms with Crippen molar-refractivity contribution < 1.29 is 4.74 Å². The van der Waals surface area contributed by atoms with Crippen LogP contribution in [0.3, 0.4) is 0 Å². The topological polar surface area (TPSA) is 21.3 Å². The fourth-order valence-corrected chi connectivity index (χ4v) is 2.35. The first-order chi connectivity index (χ1) is 9.17. The van der Waals surface area contributed by atoms with Crippen LogP contribution in [0.25, 0.3) is 0 Å². The van der Waals surface area contributed by atoms with Gasteiger partial charge in [-0.15, -0.1) is 0 Å². The van der Waals surface area contributed by atoms with Crippen LogP contribution in [0.2, 0.25) is 10.0 Å². The molecule has 0 saturated heterocycles. The Balaban J connectivity index is 2.58. The van der Waals surface area contributed by atoms with Crippen LogP contribution in [0.4, 0.5) is 0 Å². The van der Waals surface area contributed by atoms with Crippen molar-refractivity contribution in [2.24, 2.45) is 0 Å². The molecule has 19 heavy (non-hydrogen) atoms. The normalized spacial score (nSPS) is 12.6. The standard InChI is InChI=1S/C15H23Cl2NO/c1-3-7-18-14(11-19-8-4-2)9-12-5-6-13(16)10-15(12)17/h5-6,10,14,18H,3-4,7-9,11H2,1-2H3. The van der Waals surface area contributed by atoms with Crippen LogP contribution in [-0.4, -0.2) is 25.8 Å². The maximum absolute atomic E-state index is 6.22. The van der Waals surface area contributed by atoms with Gasteiger partial charge in [0.05, 0.1) is 6.61 Å². The van der Waals surface area contributed by atoms with E-state index >= 15 is 0 Å². The Morgan fingerprint density at radius 1 is 1.21 bits per heavy atom. The van der Waals surface area contributed by atoms with E-state index in [1.807, 2.05) is 12.1 Å². The Bertz CT molecular complexity index is 371. The summed E-state index contributed by atoms with van der Waals surface area (Å²) in [6.45, 7) is 6.79. The minimum atomic E-state index is 0.296. The minimum absolute atomic E-state index is 0.296. The number of hydrogen-bond acceptors (Lipinski definition) is 2. The van der Waals surface area contributed by atoms with Crippen molar-refractivity contribution >= 4 is 23.2 Å². The maximum atomic E-state index is 6.22. The van der Waals surface area contributed by atoms with Crippen molar-refractivity contribution in [2.45, 2.75) is 39.2 Å². The first kappa shape index (κ1) is 16.8. The zero-order chi connectivity index (χ0) is 14.1. The molecule has 0 heterocycles. The molecule has 0 amide bonds. The van der Waals surface area contributed by atoms with E-state index in [-0.39, 0.29) is 0 Å². The summed E-state index contributed by atoms with van der Waals surface area (Å²) in [6.07, 6.45) is 3.01. The molecule has 1 unspecified atom stereocenters. The third kappa shape index (κ3) is 6.62. The van der Waals surface area contributed by atoms with Gasteiger partial charge in [-0.1, -0.05) is 43.1 Å². The number of ether oxygens (including phenoxy) is 1. The monoisotopic (exact) mass is 303 g/mol. The van der Waals surface area contributed by atoms with Crippen LogP contribution < -0.4 is 5.32 Å². The minimum Gasteiger partial charge on any atom is -0.380 e. The van der Waals surface area contributed by atoms with E-state index in [4.69, 9.17) is 27.9 Å². The van der Waals surface area contributed by atoms with Crippen molar-refractivity contribution in [1.29, 1.82) is 0 Å². The van der Waals surface area contributed by atoms with Crippen molar-refractivity contribution in [3.63, 3.8) is 0 Å². The summed E-state index contributed by atoms with van der Waals surface area (Å²) in [4.78, 5) is 0. The van der Waals surface area contributed by atoms with E-state index in [9.17, 15) is 0 Å². The fourth-order valence-electron chi connectivity index (χ4n) is 1.86. The maximum Gasteiger partial charge on any atom is 0.0622 e. The summed E-state index contributed by atoms with van der Waals surface area (Å²) in [6, 6.07) is 5.96. The van der Waals surface area contributed by atoms with Gasteiger partial charge in [-0.05, 0) is 43.5 Å². The van der Waals surface area contributed by atoms with Gasteiger partial charge in [0.15, 0.2) is 0 Å². The van der Waals surface area contributed by atoms with Crippen LogP contribution >= 0.6 is 23.2 Å². The Labute approximate surface area is 126 Å². The molecule has 0 saturated carbocycles. The molecule has 0 aromatic heterocycles. The Morgan fingerprint density at radius 3 is 2.63 bits per heavy atom. The summed E-state index contributed by atoms with van der Waals surface area (Å²) < 4.78 is 5.65. The highest BCUT2D eigenvalue weighted by molar-refractivity contribution is 6.35. The average molecular weight is 304 g/mol. The highest BCUT2D eigenvalue weighted by Gasteiger charge is 2.11. The molecule has 2 nitrogen and oxygen atoms in total. The second kappa shape index (κ2) is 9.60. The summed E-state index contributed by atoms with van der Waals surface area (Å²) in [5.74, 6) is 0. The average Bonchev–Trinajstić information content (AvgIpc) is 2.39. The number of benzene rings is 1. The lowest BCUT2D eigenvalue weighted by Crippen LogP contribution is -2.36. The van der Waals surface area contributed by atoms with Gasteiger partial charge in [-0.25, -0.2) is 0 Å². The van der Waals surface area contributed by atoms with Crippen molar-refractivity contribution in [3.8, 4) is 0 Å². The lowest BCUT2D eigenvalue weighted by molar-refractivity contribution is 0.112. The van der Waals surface area contributed by atoms with E-state index < -0.39 is 0 Å². The predicted octanol–water partition coefficient (Wildman–Crippen LogP) is 4.33. The molecule has 0 aliphatic carbocycles. The zero-order valence-electron chi connectivity index (χ0n) is 11.7. The van der Waals surface area contributed by atoms with Crippen molar-refractivity contribution in [1.82, 2.24) is 5.32 Å². The first-order valence-electron chi connectivity index (χ1n) is 6.92. The Kier molecular flexibility index (Phi) is 8.47. The van der Waals surface area contributed by atoms with Crippen LogP contribution in [-0.2, 0) is 11.2 Å². The quantitative estimate of drug-likeness (QED) is 0.686. The van der Waals surface area contributed by atoms with Crippen LogP contribution in [0.15, 0.2) is 18.2 Å². The van der Waals surface area contributed by atoms with Crippen LogP contribution in [0.1, 0.15) is 32.3 Å². The second-order valence-electron chi connectivity index (χ2n) is 4.67. The van der Waals surface area contributed by atoms with E-state index in [1.54, 1.807) is 6.07 Å². The molecule has 0 aliphatic heterocycles. The molecule has 1 N–H and O–H groups in total. The van der Waals surface area contributed by atoms with Crippen molar-refractivity contribution in [3.05, 3.63) is 33.8 Å². The smallest absolute Gasteiger partial charge is 0.0622 e. The van der Waals surface area contributed by atoms with Gasteiger partial charge in [0.2, 0.25) is 0 Å². The van der Waals surface area contributed by atoms with Gasteiger partial charge in [0.1, 0.15) is 0 Å². The van der Waals surface area contributed by atoms with Crippen molar-refractivity contribution in [2.75, 3.05) is 19.8 Å². The second-order valence-corrected chi connectivity index (χ2v) is 5.51. The Morgan fingerprint density at radius 2 is 2.00 bits per heavy atom. The number of nitrogens with one attached hydrogen (secondary N) is 1. The molecular weight excluding hydrogens is 281 g/mol. The number of rotatable bonds is 9. The predicted molar refractivity (Wildman–Crippen MR) is 83.4 cm³/mol. The van der Waals surface area contributed by atoms with Gasteiger partial charge >= 0.3 is 0 Å². The molecular formula is C15H23Cl2NO. The molecule has 0 radical (unpaired) electrons. The van der Waals surface area contributed by atoms with Gasteiger partial charge in [0, 0.05) is 22.7 Å². The molecule has 0 aliphatic rings. The lowest BCUT2D eigenvalue weighted by Gasteiger charge is -2.19. The van der Waals surface area contributed by atoms with Gasteiger partial charge in [-0.3, -0.25) is 0 Å². The molecule has 108 valence electrons.